The van der Waals surface area contributed by atoms with Crippen molar-refractivity contribution < 1.29 is 4.79 Å². The molecule has 0 bridgehead atoms. The molecule has 0 saturated heterocycles. The van der Waals surface area contributed by atoms with Gasteiger partial charge in [-0.15, -0.1) is 5.10 Å². The number of nitrogens with one attached hydrogen (secondary N) is 1. The van der Waals surface area contributed by atoms with E-state index in [1.165, 1.54) is 34.0 Å². The predicted octanol–water partition coefficient (Wildman–Crippen LogP) is 6.06. The number of hydrogen-bond acceptors (Lipinski definition) is 6. The summed E-state index contributed by atoms with van der Waals surface area (Å²) in [7, 11) is 0. The first-order chi connectivity index (χ1) is 20.8. The van der Waals surface area contributed by atoms with Gasteiger partial charge in [0.15, 0.2) is 5.15 Å². The van der Waals surface area contributed by atoms with Gasteiger partial charge in [0.2, 0.25) is 5.91 Å². The van der Waals surface area contributed by atoms with Crippen LogP contribution >= 0.6 is 34.8 Å². The summed E-state index contributed by atoms with van der Waals surface area (Å²) < 4.78 is 4.40. The lowest BCUT2D eigenvalue weighted by atomic mass is 10.0. The Bertz CT molecular complexity index is 1970. The van der Waals surface area contributed by atoms with Crippen molar-refractivity contribution in [2.45, 2.75) is 12.5 Å². The Morgan fingerprint density at radius 1 is 0.884 bits per heavy atom. The number of aromatic nitrogens is 7. The highest BCUT2D eigenvalue weighted by atomic mass is 35.5. The lowest BCUT2D eigenvalue weighted by molar-refractivity contribution is -0.119. The number of halogens is 3. The molecule has 0 spiro atoms. The fourth-order valence-corrected chi connectivity index (χ4v) is 4.99. The van der Waals surface area contributed by atoms with E-state index in [9.17, 15) is 9.59 Å². The van der Waals surface area contributed by atoms with Gasteiger partial charge in [0.25, 0.3) is 5.56 Å². The molecule has 214 valence electrons. The monoisotopic (exact) mass is 630 g/mol. The Kier molecular flexibility index (Phi) is 8.06. The van der Waals surface area contributed by atoms with E-state index in [0.717, 1.165) is 11.3 Å². The molecule has 3 aromatic heterocycles. The lowest BCUT2D eigenvalue weighted by Gasteiger charge is -2.19. The third-order valence-corrected chi connectivity index (χ3v) is 7.29. The second-order valence-corrected chi connectivity index (χ2v) is 10.8. The highest BCUT2D eigenvalue weighted by Crippen LogP contribution is 2.28. The zero-order valence-corrected chi connectivity index (χ0v) is 24.4. The maximum Gasteiger partial charge on any atom is 0.254 e. The number of benzene rings is 3. The second kappa shape index (κ2) is 12.2. The number of nitrogens with zero attached hydrogens (tertiary/aromatic N) is 7. The summed E-state index contributed by atoms with van der Waals surface area (Å²) in [4.78, 5) is 31.8. The molecule has 1 unspecified atom stereocenters. The predicted molar refractivity (Wildman–Crippen MR) is 165 cm³/mol. The minimum atomic E-state index is -0.914. The third-order valence-electron chi connectivity index (χ3n) is 6.63. The molecular formula is C30H21Cl3N8O2. The minimum Gasteiger partial charge on any atom is -0.322 e. The molecule has 6 aromatic rings. The van der Waals surface area contributed by atoms with Gasteiger partial charge in [0, 0.05) is 28.1 Å². The topological polar surface area (TPSA) is 113 Å². The van der Waals surface area contributed by atoms with Crippen molar-refractivity contribution in [2.24, 2.45) is 0 Å². The Labute approximate surface area is 260 Å². The first-order valence-electron chi connectivity index (χ1n) is 13.0. The Hall–Kier alpha value is -4.77. The van der Waals surface area contributed by atoms with Crippen LogP contribution in [0.3, 0.4) is 0 Å². The van der Waals surface area contributed by atoms with Gasteiger partial charge in [-0.25, -0.2) is 14.3 Å². The first-order valence-corrected chi connectivity index (χ1v) is 14.1. The molecule has 0 fully saturated rings. The molecule has 0 aliphatic rings. The molecule has 3 heterocycles. The van der Waals surface area contributed by atoms with Crippen LogP contribution in [0.25, 0.3) is 22.6 Å². The van der Waals surface area contributed by atoms with Crippen molar-refractivity contribution in [3.8, 4) is 22.6 Å². The van der Waals surface area contributed by atoms with Crippen LogP contribution in [0.15, 0.2) is 109 Å². The number of hydrogen-bond donors (Lipinski definition) is 1. The van der Waals surface area contributed by atoms with Gasteiger partial charge in [-0.3, -0.25) is 14.2 Å². The molecule has 1 amide bonds. The fraction of sp³-hybridized carbons (Fsp3) is 0.0667. The Balaban J connectivity index is 1.33. The lowest BCUT2D eigenvalue weighted by Crippen LogP contribution is -2.34. The summed E-state index contributed by atoms with van der Waals surface area (Å²) >= 11 is 18.3. The number of amides is 1. The Morgan fingerprint density at radius 3 is 2.37 bits per heavy atom. The van der Waals surface area contributed by atoms with E-state index in [-0.39, 0.29) is 11.6 Å². The molecule has 13 heteroatoms. The van der Waals surface area contributed by atoms with Gasteiger partial charge < -0.3 is 5.32 Å². The summed E-state index contributed by atoms with van der Waals surface area (Å²) in [5.41, 5.74) is 3.13. The van der Waals surface area contributed by atoms with Crippen LogP contribution < -0.4 is 10.9 Å². The van der Waals surface area contributed by atoms with E-state index in [0.29, 0.717) is 32.7 Å². The quantitative estimate of drug-likeness (QED) is 0.219. The average molecular weight is 632 g/mol. The van der Waals surface area contributed by atoms with E-state index < -0.39 is 17.5 Å². The standard InChI is InChI=1S/C30H21Cl3N8O2/c31-20-6-9-23(10-7-20)40-16-22(15-35-40)36-30(43)27(12-19-4-2-1-3-5-19)39-18-34-25(14-29(39)42)24-13-21(32)8-11-26(24)41-17-28(33)37-38-41/h1-11,13-18,27H,12H2,(H,36,43). The number of anilines is 1. The largest absolute Gasteiger partial charge is 0.322 e. The average Bonchev–Trinajstić information content (AvgIpc) is 3.66. The van der Waals surface area contributed by atoms with E-state index in [4.69, 9.17) is 34.8 Å². The van der Waals surface area contributed by atoms with Gasteiger partial charge in [-0.05, 0) is 48.0 Å². The molecular weight excluding hydrogens is 611 g/mol. The highest BCUT2D eigenvalue weighted by Gasteiger charge is 2.24. The van der Waals surface area contributed by atoms with Crippen molar-refractivity contribution in [1.29, 1.82) is 0 Å². The van der Waals surface area contributed by atoms with Crippen molar-refractivity contribution in [3.05, 3.63) is 135 Å². The molecule has 6 rings (SSSR count). The molecule has 0 aliphatic carbocycles. The van der Waals surface area contributed by atoms with Crippen molar-refractivity contribution in [2.75, 3.05) is 5.32 Å². The van der Waals surface area contributed by atoms with Crippen molar-refractivity contribution in [3.63, 3.8) is 0 Å². The number of rotatable bonds is 8. The summed E-state index contributed by atoms with van der Waals surface area (Å²) in [6, 6.07) is 22.1. The number of carbonyl (C=O) groups excluding carboxylic acids is 1. The fourth-order valence-electron chi connectivity index (χ4n) is 4.57. The van der Waals surface area contributed by atoms with Gasteiger partial charge >= 0.3 is 0 Å². The molecule has 43 heavy (non-hydrogen) atoms. The van der Waals surface area contributed by atoms with E-state index in [1.54, 1.807) is 41.2 Å². The van der Waals surface area contributed by atoms with Crippen LogP contribution in [0, 0.1) is 0 Å². The minimum absolute atomic E-state index is 0.206. The summed E-state index contributed by atoms with van der Waals surface area (Å²) in [5.74, 6) is -0.406. The van der Waals surface area contributed by atoms with Gasteiger partial charge in [0.1, 0.15) is 6.04 Å². The van der Waals surface area contributed by atoms with E-state index >= 15 is 0 Å². The van der Waals surface area contributed by atoms with Crippen LogP contribution in [0.2, 0.25) is 15.2 Å². The van der Waals surface area contributed by atoms with E-state index in [1.807, 2.05) is 42.5 Å². The molecule has 0 radical (unpaired) electrons. The second-order valence-electron chi connectivity index (χ2n) is 9.51. The summed E-state index contributed by atoms with van der Waals surface area (Å²) in [5, 5.41) is 16.3. The van der Waals surface area contributed by atoms with Gasteiger partial charge in [-0.2, -0.15) is 5.10 Å². The maximum atomic E-state index is 13.7. The smallest absolute Gasteiger partial charge is 0.254 e. The van der Waals surface area contributed by atoms with E-state index in [2.05, 4.69) is 25.7 Å². The van der Waals surface area contributed by atoms with Gasteiger partial charge in [0.05, 0.1) is 47.7 Å². The number of carbonyl (C=O) groups is 1. The third kappa shape index (κ3) is 6.36. The van der Waals surface area contributed by atoms with Crippen molar-refractivity contribution >= 4 is 46.4 Å². The first kappa shape index (κ1) is 28.4. The summed E-state index contributed by atoms with van der Waals surface area (Å²) in [6.07, 6.45) is 6.36. The molecule has 0 aliphatic heterocycles. The molecule has 10 nitrogen and oxygen atoms in total. The highest BCUT2D eigenvalue weighted by molar-refractivity contribution is 6.31. The Morgan fingerprint density at radius 2 is 1.65 bits per heavy atom. The van der Waals surface area contributed by atoms with Crippen LogP contribution in [0.5, 0.6) is 0 Å². The van der Waals surface area contributed by atoms with Crippen LogP contribution in [0.4, 0.5) is 5.69 Å². The molecule has 1 atom stereocenters. The zero-order chi connectivity index (χ0) is 29.9. The van der Waals surface area contributed by atoms with Crippen LogP contribution in [-0.4, -0.2) is 40.2 Å². The van der Waals surface area contributed by atoms with Gasteiger partial charge in [-0.1, -0.05) is 70.3 Å². The normalized spacial score (nSPS) is 11.8. The summed E-state index contributed by atoms with van der Waals surface area (Å²) in [6.45, 7) is 0. The van der Waals surface area contributed by atoms with Crippen molar-refractivity contribution in [1.82, 2.24) is 34.3 Å². The SMILES string of the molecule is O=C(Nc1cnn(-c2ccc(Cl)cc2)c1)C(Cc1ccccc1)n1cnc(-c2cc(Cl)ccc2-n2cc(Cl)nn2)cc1=O. The molecule has 1 N–H and O–H groups in total. The molecule has 0 saturated carbocycles. The zero-order valence-electron chi connectivity index (χ0n) is 22.2. The van der Waals surface area contributed by atoms with Crippen LogP contribution in [-0.2, 0) is 11.2 Å². The molecule has 3 aromatic carbocycles. The maximum absolute atomic E-state index is 13.7. The van der Waals surface area contributed by atoms with Crippen LogP contribution in [0.1, 0.15) is 11.6 Å².